The summed E-state index contributed by atoms with van der Waals surface area (Å²) in [4.78, 5) is 0. The van der Waals surface area contributed by atoms with Gasteiger partial charge in [-0.3, -0.25) is 0 Å². The van der Waals surface area contributed by atoms with Crippen LogP contribution in [0.4, 0.5) is 0 Å². The van der Waals surface area contributed by atoms with Gasteiger partial charge in [-0.15, -0.1) is 0 Å². The first-order valence-electron chi connectivity index (χ1n) is 0. The van der Waals surface area contributed by atoms with Crippen molar-refractivity contribution in [3.63, 3.8) is 0 Å². The van der Waals surface area contributed by atoms with Crippen LogP contribution in [0.25, 0.3) is 0 Å². The van der Waals surface area contributed by atoms with Gasteiger partial charge in [0, 0.05) is 41.2 Å². The summed E-state index contributed by atoms with van der Waals surface area (Å²) < 4.78 is 0. The van der Waals surface area contributed by atoms with Gasteiger partial charge in [-0.25, -0.2) is 0 Å². The average molecular weight is 149 g/mol. The van der Waals surface area contributed by atoms with Crippen LogP contribution in [0.1, 0.15) is 0 Å². The van der Waals surface area contributed by atoms with Crippen molar-refractivity contribution in [2.45, 2.75) is 0 Å². The predicted molar refractivity (Wildman–Crippen MR) is 7.23 cm³/mol. The number of hydrogen-bond donors (Lipinski definition) is 0. The van der Waals surface area contributed by atoms with Gasteiger partial charge in [-0.2, -0.15) is 0 Å². The standard InChI is InChI=1S/2H2O.Ti.Zn/h2*1H2;;. The fourth-order valence-electron chi connectivity index (χ4n) is 0. The zero-order valence-electron chi connectivity index (χ0n) is 2.21. The van der Waals surface area contributed by atoms with Gasteiger partial charge in [0.1, 0.15) is 0 Å². The zero-order chi connectivity index (χ0) is 0. The third-order valence-electron chi connectivity index (χ3n) is 0. The Kier molecular flexibility index (Phi) is 430. The summed E-state index contributed by atoms with van der Waals surface area (Å²) in [6.45, 7) is 0. The quantitative estimate of drug-likeness (QED) is 0.370. The van der Waals surface area contributed by atoms with E-state index in [4.69, 9.17) is 0 Å². The molecule has 0 aliphatic carbocycles. The Morgan fingerprint density at radius 3 is 0.750 bits per heavy atom. The van der Waals surface area contributed by atoms with E-state index in [9.17, 15) is 0 Å². The second-order valence-corrected chi connectivity index (χ2v) is 0. The minimum Gasteiger partial charge on any atom is -0.412 e. The number of rotatable bonds is 0. The van der Waals surface area contributed by atoms with Crippen LogP contribution in [-0.4, -0.2) is 11.0 Å². The van der Waals surface area contributed by atoms with E-state index in [1.807, 2.05) is 0 Å². The molecule has 0 heterocycles. The molecule has 0 radical (unpaired) electrons. The monoisotopic (exact) mass is 148 g/mol. The molecule has 0 unspecified atom stereocenters. The van der Waals surface area contributed by atoms with Crippen LogP contribution >= 0.6 is 0 Å². The van der Waals surface area contributed by atoms with Crippen LogP contribution in [0.3, 0.4) is 0 Å². The second-order valence-electron chi connectivity index (χ2n) is 0. The minimum absolute atomic E-state index is 0. The molecule has 4 heavy (non-hydrogen) atoms. The molecule has 0 saturated heterocycles. The van der Waals surface area contributed by atoms with Crippen molar-refractivity contribution in [2.75, 3.05) is 0 Å². The third-order valence-corrected chi connectivity index (χ3v) is 0. The van der Waals surface area contributed by atoms with E-state index in [1.54, 1.807) is 0 Å². The van der Waals surface area contributed by atoms with Crippen LogP contribution < -0.4 is 0 Å². The van der Waals surface area contributed by atoms with Gasteiger partial charge in [0.2, 0.25) is 0 Å². The zero-order valence-corrected chi connectivity index (χ0v) is 6.74. The molecule has 22 valence electrons. The van der Waals surface area contributed by atoms with Crippen LogP contribution in [0, 0.1) is 0 Å². The molecular formula is H4O2TiZn. The molecule has 0 aliphatic heterocycles. The summed E-state index contributed by atoms with van der Waals surface area (Å²) in [5, 5.41) is 0. The first kappa shape index (κ1) is 60.3. The molecule has 4 heteroatoms. The first-order chi connectivity index (χ1) is 0. The maximum absolute atomic E-state index is 0. The van der Waals surface area contributed by atoms with Crippen LogP contribution in [0.2, 0.25) is 0 Å². The Morgan fingerprint density at radius 1 is 0.750 bits per heavy atom. The van der Waals surface area contributed by atoms with Gasteiger partial charge in [0.05, 0.1) is 0 Å². The minimum atomic E-state index is 0. The van der Waals surface area contributed by atoms with Crippen molar-refractivity contribution in [1.82, 2.24) is 0 Å². The second kappa shape index (κ2) is 28.6. The van der Waals surface area contributed by atoms with Gasteiger partial charge in [-0.05, 0) is 0 Å². The van der Waals surface area contributed by atoms with Crippen molar-refractivity contribution < 1.29 is 52.1 Å². The van der Waals surface area contributed by atoms with Crippen molar-refractivity contribution >= 4 is 0 Å². The van der Waals surface area contributed by atoms with Crippen molar-refractivity contribution in [2.24, 2.45) is 0 Å². The molecule has 0 bridgehead atoms. The van der Waals surface area contributed by atoms with E-state index in [2.05, 4.69) is 0 Å². The van der Waals surface area contributed by atoms with Gasteiger partial charge >= 0.3 is 0 Å². The summed E-state index contributed by atoms with van der Waals surface area (Å²) in [5.74, 6) is 0. The average Bonchev–Trinajstić information content (AvgIpc) is 0. The van der Waals surface area contributed by atoms with Gasteiger partial charge in [0.15, 0.2) is 0 Å². The molecule has 0 amide bonds. The third kappa shape index (κ3) is 10.5. The smallest absolute Gasteiger partial charge is 0 e. The largest absolute Gasteiger partial charge is 0.412 e. The van der Waals surface area contributed by atoms with Gasteiger partial charge < -0.3 is 11.0 Å². The molecule has 0 fully saturated rings. The predicted octanol–water partition coefficient (Wildman–Crippen LogP) is -1.65. The topological polar surface area (TPSA) is 63.0 Å². The summed E-state index contributed by atoms with van der Waals surface area (Å²) in [6, 6.07) is 0. The van der Waals surface area contributed by atoms with Crippen LogP contribution in [0.5, 0.6) is 0 Å². The Morgan fingerprint density at radius 2 is 0.750 bits per heavy atom. The Bertz CT molecular complexity index is 6.00. The van der Waals surface area contributed by atoms with Crippen LogP contribution in [-0.2, 0) is 41.2 Å². The molecule has 0 aromatic heterocycles. The van der Waals surface area contributed by atoms with E-state index in [1.165, 1.54) is 0 Å². The Balaban J connectivity index is 0. The van der Waals surface area contributed by atoms with Crippen molar-refractivity contribution in [3.05, 3.63) is 0 Å². The summed E-state index contributed by atoms with van der Waals surface area (Å²) in [6.07, 6.45) is 0. The molecule has 0 aromatic rings. The molecule has 4 N–H and O–H groups in total. The summed E-state index contributed by atoms with van der Waals surface area (Å²) in [5.41, 5.74) is 0. The van der Waals surface area contributed by atoms with Crippen LogP contribution in [0.15, 0.2) is 0 Å². The van der Waals surface area contributed by atoms with Gasteiger partial charge in [0.25, 0.3) is 0 Å². The van der Waals surface area contributed by atoms with E-state index in [0.29, 0.717) is 0 Å². The van der Waals surface area contributed by atoms with Crippen molar-refractivity contribution in [3.8, 4) is 0 Å². The van der Waals surface area contributed by atoms with Gasteiger partial charge in [-0.1, -0.05) is 0 Å². The van der Waals surface area contributed by atoms with E-state index in [0.717, 1.165) is 0 Å². The number of hydrogen-bond acceptors (Lipinski definition) is 0. The Hall–Kier alpha value is 1.26. The fourth-order valence-corrected chi connectivity index (χ4v) is 0. The van der Waals surface area contributed by atoms with E-state index >= 15 is 0 Å². The summed E-state index contributed by atoms with van der Waals surface area (Å²) in [7, 11) is 0. The fraction of sp³-hybridized carbons (Fsp3) is 0. The molecular weight excluding hydrogens is 145 g/mol. The molecule has 0 rings (SSSR count). The molecule has 0 atom stereocenters. The first-order valence-corrected chi connectivity index (χ1v) is 0. The molecule has 0 saturated carbocycles. The molecule has 2 nitrogen and oxygen atoms in total. The summed E-state index contributed by atoms with van der Waals surface area (Å²) >= 11 is 0. The maximum atomic E-state index is 0. The van der Waals surface area contributed by atoms with E-state index < -0.39 is 0 Å². The maximum Gasteiger partial charge on any atom is 0 e. The normalized spacial score (nSPS) is 0. The molecule has 0 aliphatic rings. The molecule has 0 aromatic carbocycles. The molecule has 0 spiro atoms. The van der Waals surface area contributed by atoms with E-state index in [-0.39, 0.29) is 52.1 Å². The SMILES string of the molecule is O.O.[Ti].[Zn]. The Labute approximate surface area is 52.2 Å². The van der Waals surface area contributed by atoms with Crippen molar-refractivity contribution in [1.29, 1.82) is 0 Å².